The molecule has 1 atom stereocenters. The number of pyridine rings is 2. The molecule has 1 saturated heterocycles. The lowest BCUT2D eigenvalue weighted by molar-refractivity contribution is -0.113. The molecule has 0 bridgehead atoms. The highest BCUT2D eigenvalue weighted by Crippen LogP contribution is 2.35. The number of aromatic nitrogens is 2. The molecule has 2 fully saturated rings. The number of nitrogens with zero attached hydrogens (tertiary/aromatic N) is 3. The van der Waals surface area contributed by atoms with Gasteiger partial charge in [0.25, 0.3) is 29.7 Å². The summed E-state index contributed by atoms with van der Waals surface area (Å²) in [6, 6.07) is 8.30. The third kappa shape index (κ3) is 8.03. The van der Waals surface area contributed by atoms with E-state index in [1.54, 1.807) is 13.3 Å². The van der Waals surface area contributed by atoms with Crippen LogP contribution in [0.5, 0.6) is 5.88 Å². The van der Waals surface area contributed by atoms with Gasteiger partial charge >= 0.3 is 0 Å². The number of carbonyl (C=O) groups is 2. The first-order valence-electron chi connectivity index (χ1n) is 14.5. The molecule has 10 nitrogen and oxygen atoms in total. The van der Waals surface area contributed by atoms with Gasteiger partial charge in [-0.15, -0.1) is 0 Å². The van der Waals surface area contributed by atoms with Crippen LogP contribution in [0, 0.1) is 0 Å². The molecule has 0 unspecified atom stereocenters. The molecule has 15 heteroatoms. The van der Waals surface area contributed by atoms with E-state index in [0.717, 1.165) is 17.7 Å². The van der Waals surface area contributed by atoms with Gasteiger partial charge in [-0.1, -0.05) is 17.7 Å². The molecule has 1 aliphatic heterocycles. The number of methoxy groups -OCH3 is 1. The Morgan fingerprint density at radius 1 is 1.13 bits per heavy atom. The number of carbonyl (C=O) groups excluding carboxylic acids is 2. The van der Waals surface area contributed by atoms with Gasteiger partial charge in [0.1, 0.15) is 11.4 Å². The zero-order valence-corrected chi connectivity index (χ0v) is 25.8. The van der Waals surface area contributed by atoms with Gasteiger partial charge in [-0.05, 0) is 60.7 Å². The Bertz CT molecular complexity index is 1680. The van der Waals surface area contributed by atoms with Crippen LogP contribution in [0.3, 0.4) is 0 Å². The first-order chi connectivity index (χ1) is 21.8. The van der Waals surface area contributed by atoms with Crippen LogP contribution in [-0.4, -0.2) is 78.1 Å². The number of ether oxygens (including phenoxy) is 2. The van der Waals surface area contributed by atoms with Gasteiger partial charge < -0.3 is 29.6 Å². The predicted molar refractivity (Wildman–Crippen MR) is 162 cm³/mol. The molecule has 2 amide bonds. The summed E-state index contributed by atoms with van der Waals surface area (Å²) in [4.78, 5) is 45.1. The van der Waals surface area contributed by atoms with E-state index in [0.29, 0.717) is 18.7 Å². The van der Waals surface area contributed by atoms with E-state index in [1.807, 2.05) is 6.92 Å². The van der Waals surface area contributed by atoms with Crippen molar-refractivity contribution in [2.45, 2.75) is 50.8 Å². The van der Waals surface area contributed by atoms with Crippen LogP contribution >= 0.6 is 11.6 Å². The minimum atomic E-state index is -3.01. The molecule has 5 rings (SSSR count). The van der Waals surface area contributed by atoms with Gasteiger partial charge in [-0.3, -0.25) is 14.4 Å². The van der Waals surface area contributed by atoms with E-state index < -0.39 is 49.4 Å². The van der Waals surface area contributed by atoms with E-state index in [9.17, 15) is 31.9 Å². The molecule has 3 heterocycles. The summed E-state index contributed by atoms with van der Waals surface area (Å²) in [5, 5.41) is 5.95. The van der Waals surface area contributed by atoms with E-state index >= 15 is 0 Å². The second-order valence-electron chi connectivity index (χ2n) is 11.3. The summed E-state index contributed by atoms with van der Waals surface area (Å²) >= 11 is 6.14. The van der Waals surface area contributed by atoms with Crippen LogP contribution in [0.2, 0.25) is 5.02 Å². The number of rotatable bonds is 13. The van der Waals surface area contributed by atoms with Gasteiger partial charge in [0.05, 0.1) is 19.2 Å². The van der Waals surface area contributed by atoms with Crippen LogP contribution in [0.1, 0.15) is 52.1 Å². The second-order valence-corrected chi connectivity index (χ2v) is 11.8. The predicted octanol–water partition coefficient (Wildman–Crippen LogP) is 5.01. The number of halogens is 5. The van der Waals surface area contributed by atoms with Gasteiger partial charge in [0.15, 0.2) is 6.61 Å². The maximum absolute atomic E-state index is 13.5. The molecular weight excluding hydrogens is 634 g/mol. The first kappa shape index (κ1) is 33.4. The molecule has 46 heavy (non-hydrogen) atoms. The van der Waals surface area contributed by atoms with Crippen molar-refractivity contribution in [1.82, 2.24) is 19.8 Å². The lowest BCUT2D eigenvalue weighted by Crippen LogP contribution is -2.58. The number of nitrogens with one attached hydrogen (secondary N) is 2. The van der Waals surface area contributed by atoms with Gasteiger partial charge in [-0.25, -0.2) is 17.6 Å². The van der Waals surface area contributed by atoms with Crippen LogP contribution in [0.25, 0.3) is 11.1 Å². The molecule has 3 aromatic rings. The number of likely N-dealkylation sites (tertiary alicyclic amines) is 1. The molecule has 1 aliphatic carbocycles. The third-order valence-corrected chi connectivity index (χ3v) is 7.74. The molecule has 2 aromatic heterocycles. The van der Waals surface area contributed by atoms with Crippen LogP contribution in [-0.2, 0) is 11.3 Å². The Labute approximate surface area is 266 Å². The van der Waals surface area contributed by atoms with Crippen LogP contribution in [0.4, 0.5) is 23.4 Å². The maximum Gasteiger partial charge on any atom is 0.282 e. The zero-order valence-electron chi connectivity index (χ0n) is 25.0. The summed E-state index contributed by atoms with van der Waals surface area (Å²) in [7, 11) is 1.59. The van der Waals surface area contributed by atoms with Crippen molar-refractivity contribution in [3.8, 4) is 17.0 Å². The summed E-state index contributed by atoms with van der Waals surface area (Å²) < 4.78 is 65.1. The smallest absolute Gasteiger partial charge is 0.282 e. The number of anilines is 1. The van der Waals surface area contributed by atoms with E-state index in [2.05, 4.69) is 15.6 Å². The summed E-state index contributed by atoms with van der Waals surface area (Å²) in [5.74, 6) is -4.99. The topological polar surface area (TPSA) is 115 Å². The molecule has 246 valence electrons. The van der Waals surface area contributed by atoms with Crippen molar-refractivity contribution in [2.24, 2.45) is 0 Å². The molecule has 2 aliphatic rings. The number of amides is 2. The van der Waals surface area contributed by atoms with E-state index in [-0.39, 0.29) is 51.1 Å². The monoisotopic (exact) mass is 665 g/mol. The quantitative estimate of drug-likeness (QED) is 0.247. The lowest BCUT2D eigenvalue weighted by atomic mass is 9.97. The highest BCUT2D eigenvalue weighted by atomic mass is 35.5. The molecule has 0 spiro atoms. The highest BCUT2D eigenvalue weighted by molar-refractivity contribution is 6.31. The van der Waals surface area contributed by atoms with Crippen molar-refractivity contribution in [3.63, 3.8) is 0 Å². The van der Waals surface area contributed by atoms with Crippen molar-refractivity contribution < 1.29 is 36.6 Å². The Balaban J connectivity index is 1.48. The summed E-state index contributed by atoms with van der Waals surface area (Å²) in [5.41, 5.74) is 0.400. The minimum absolute atomic E-state index is 0.0263. The zero-order chi connectivity index (χ0) is 33.2. The number of benzene rings is 1. The first-order valence-corrected chi connectivity index (χ1v) is 14.9. The normalized spacial score (nSPS) is 16.2. The molecule has 1 saturated carbocycles. The van der Waals surface area contributed by atoms with Crippen molar-refractivity contribution in [3.05, 3.63) is 74.7 Å². The van der Waals surface area contributed by atoms with Crippen molar-refractivity contribution >= 4 is 29.2 Å². The van der Waals surface area contributed by atoms with E-state index in [4.69, 9.17) is 21.1 Å². The Morgan fingerprint density at radius 3 is 2.52 bits per heavy atom. The van der Waals surface area contributed by atoms with Crippen molar-refractivity contribution in [1.29, 1.82) is 0 Å². The Morgan fingerprint density at radius 2 is 1.87 bits per heavy atom. The highest BCUT2D eigenvalue weighted by Gasteiger charge is 2.46. The average Bonchev–Trinajstić information content (AvgIpc) is 3.84. The largest absolute Gasteiger partial charge is 0.472 e. The second kappa shape index (κ2) is 13.8. The number of hydrogen-bond acceptors (Lipinski definition) is 7. The average molecular weight is 666 g/mol. The third-order valence-electron chi connectivity index (χ3n) is 7.50. The minimum Gasteiger partial charge on any atom is -0.472 e. The Hall–Kier alpha value is -4.01. The fraction of sp³-hybridized carbons (Fsp3) is 0.419. The fourth-order valence-electron chi connectivity index (χ4n) is 4.95. The fourth-order valence-corrected chi connectivity index (χ4v) is 5.12. The molecule has 0 radical (unpaired) electrons. The number of hydrogen-bond donors (Lipinski definition) is 2. The van der Waals surface area contributed by atoms with Gasteiger partial charge in [0.2, 0.25) is 5.88 Å². The van der Waals surface area contributed by atoms with Crippen LogP contribution in [0.15, 0.2) is 47.4 Å². The summed E-state index contributed by atoms with van der Waals surface area (Å²) in [6.45, 7) is 0.240. The Kier molecular flexibility index (Phi) is 9.99. The standard InChI is InChI=1S/C31H32ClF4N5O5/c1-17(45-2)11-37-12-18-7-24(30(44)41(13-18)21-4-5-21)28(42)39-26-8-19(9-27(38-26)46-14-25(33)34)22-6-3-20(32)10-23(22)29(43)40-15-31(35,36)16-40/h3,6-10,13,17,21,25,37H,4-5,11-12,14-16H2,1-2H3,(H,38,39,42)/t17-/m0/s1. The lowest BCUT2D eigenvalue weighted by Gasteiger charge is -2.39. The molecular formula is C31H32ClF4N5O5. The maximum atomic E-state index is 13.5. The van der Waals surface area contributed by atoms with Gasteiger partial charge in [0, 0.05) is 49.1 Å². The van der Waals surface area contributed by atoms with Crippen LogP contribution < -0.4 is 20.9 Å². The van der Waals surface area contributed by atoms with E-state index in [1.165, 1.54) is 41.0 Å². The SMILES string of the molecule is CO[C@@H](C)CNCc1cc(C(=O)Nc2cc(-c3ccc(Cl)cc3C(=O)N3CC(F)(F)C3)cc(OCC(F)F)n2)c(=O)n(C2CC2)c1. The molecule has 2 N–H and O–H groups in total. The molecule has 1 aromatic carbocycles. The number of alkyl halides is 4. The van der Waals surface area contributed by atoms with Gasteiger partial charge in [-0.2, -0.15) is 4.98 Å². The summed E-state index contributed by atoms with van der Waals surface area (Å²) in [6.07, 6.45) is 0.409. The van der Waals surface area contributed by atoms with Crippen molar-refractivity contribution in [2.75, 3.05) is 38.7 Å².